The van der Waals surface area contributed by atoms with Crippen molar-refractivity contribution in [2.45, 2.75) is 5.75 Å². The Labute approximate surface area is 149 Å². The predicted octanol–water partition coefficient (Wildman–Crippen LogP) is 4.49. The fourth-order valence-corrected chi connectivity index (χ4v) is 3.04. The Morgan fingerprint density at radius 2 is 1.83 bits per heavy atom. The Balaban J connectivity index is 2.18. The van der Waals surface area contributed by atoms with E-state index in [1.165, 1.54) is 13.4 Å². The maximum absolute atomic E-state index is 12.2. The molecular formula is C18H15ClO4S. The van der Waals surface area contributed by atoms with Crippen LogP contribution in [0.2, 0.25) is 5.02 Å². The molecule has 1 N–H and O–H groups in total. The first-order valence-corrected chi connectivity index (χ1v) is 8.36. The molecule has 0 bridgehead atoms. The van der Waals surface area contributed by atoms with Crippen molar-refractivity contribution < 1.29 is 19.4 Å². The van der Waals surface area contributed by atoms with Gasteiger partial charge in [-0.15, -0.1) is 0 Å². The molecule has 0 saturated heterocycles. The van der Waals surface area contributed by atoms with Crippen LogP contribution in [0.4, 0.5) is 0 Å². The standard InChI is InChI=1S/C18H15ClO4S/c1-23-10-16(17(20)21)15-5-3-2-4-13(15)11-24-18(22)12-6-8-14(19)9-7-12/h2-10H,11H2,1H3,(H,20,21). The molecule has 0 aliphatic rings. The molecule has 6 heteroatoms. The van der Waals surface area contributed by atoms with Crippen molar-refractivity contribution >= 4 is 40.0 Å². The van der Waals surface area contributed by atoms with E-state index in [1.807, 2.05) is 0 Å². The highest BCUT2D eigenvalue weighted by Gasteiger charge is 2.16. The number of carboxylic acid groups (broad SMARTS) is 1. The minimum absolute atomic E-state index is 0.0487. The van der Waals surface area contributed by atoms with Gasteiger partial charge >= 0.3 is 5.97 Å². The maximum Gasteiger partial charge on any atom is 0.339 e. The number of aliphatic carboxylic acids is 1. The van der Waals surface area contributed by atoms with Crippen molar-refractivity contribution in [3.8, 4) is 0 Å². The normalized spacial score (nSPS) is 11.2. The minimum Gasteiger partial charge on any atom is -0.503 e. The van der Waals surface area contributed by atoms with Crippen LogP contribution in [0.25, 0.3) is 5.57 Å². The first kappa shape index (κ1) is 18.1. The summed E-state index contributed by atoms with van der Waals surface area (Å²) >= 11 is 6.92. The van der Waals surface area contributed by atoms with Gasteiger partial charge in [0.15, 0.2) is 0 Å². The van der Waals surface area contributed by atoms with Gasteiger partial charge in [-0.05, 0) is 35.4 Å². The topological polar surface area (TPSA) is 63.6 Å². The van der Waals surface area contributed by atoms with E-state index in [1.54, 1.807) is 48.5 Å². The van der Waals surface area contributed by atoms with Crippen LogP contribution >= 0.6 is 23.4 Å². The molecule has 0 spiro atoms. The number of benzene rings is 2. The van der Waals surface area contributed by atoms with Crippen molar-refractivity contribution in [1.29, 1.82) is 0 Å². The molecule has 24 heavy (non-hydrogen) atoms. The van der Waals surface area contributed by atoms with Gasteiger partial charge in [0.05, 0.1) is 13.4 Å². The minimum atomic E-state index is -1.08. The molecule has 0 aliphatic heterocycles. The van der Waals surface area contributed by atoms with Crippen molar-refractivity contribution in [1.82, 2.24) is 0 Å². The van der Waals surface area contributed by atoms with E-state index < -0.39 is 5.97 Å². The van der Waals surface area contributed by atoms with E-state index >= 15 is 0 Å². The first-order chi connectivity index (χ1) is 11.5. The molecule has 0 unspecified atom stereocenters. The molecular weight excluding hydrogens is 348 g/mol. The first-order valence-electron chi connectivity index (χ1n) is 7.00. The molecule has 0 aromatic heterocycles. The zero-order chi connectivity index (χ0) is 17.5. The highest BCUT2D eigenvalue weighted by Crippen LogP contribution is 2.26. The number of hydrogen-bond acceptors (Lipinski definition) is 4. The number of rotatable bonds is 6. The van der Waals surface area contributed by atoms with Gasteiger partial charge in [0.2, 0.25) is 5.12 Å². The molecule has 124 valence electrons. The van der Waals surface area contributed by atoms with Crippen LogP contribution in [0.15, 0.2) is 54.8 Å². The molecule has 0 atom stereocenters. The second kappa shape index (κ2) is 8.57. The average Bonchev–Trinajstić information content (AvgIpc) is 2.58. The number of carbonyl (C=O) groups is 2. The molecule has 4 nitrogen and oxygen atoms in total. The lowest BCUT2D eigenvalue weighted by molar-refractivity contribution is -0.130. The Bertz CT molecular complexity index is 769. The second-order valence-electron chi connectivity index (χ2n) is 4.81. The van der Waals surface area contributed by atoms with Crippen molar-refractivity contribution in [3.05, 3.63) is 76.5 Å². The molecule has 0 aliphatic carbocycles. The lowest BCUT2D eigenvalue weighted by atomic mass is 10.0. The SMILES string of the molecule is COC=C(C(=O)O)c1ccccc1CSC(=O)c1ccc(Cl)cc1. The van der Waals surface area contributed by atoms with Gasteiger partial charge < -0.3 is 9.84 Å². The van der Waals surface area contributed by atoms with Gasteiger partial charge in [0.25, 0.3) is 0 Å². The number of hydrogen-bond donors (Lipinski definition) is 1. The molecule has 2 aromatic rings. The third-order valence-corrected chi connectivity index (χ3v) is 4.42. The van der Waals surface area contributed by atoms with Crippen LogP contribution in [0.3, 0.4) is 0 Å². The van der Waals surface area contributed by atoms with Gasteiger partial charge in [-0.1, -0.05) is 47.6 Å². The van der Waals surface area contributed by atoms with Gasteiger partial charge in [-0.25, -0.2) is 4.79 Å². The summed E-state index contributed by atoms with van der Waals surface area (Å²) in [6, 6.07) is 13.7. The largest absolute Gasteiger partial charge is 0.503 e. The van der Waals surface area contributed by atoms with Gasteiger partial charge in [-0.3, -0.25) is 4.79 Å². The number of carboxylic acids is 1. The van der Waals surface area contributed by atoms with E-state index in [2.05, 4.69) is 0 Å². The Morgan fingerprint density at radius 3 is 2.46 bits per heavy atom. The highest BCUT2D eigenvalue weighted by atomic mass is 35.5. The fraction of sp³-hybridized carbons (Fsp3) is 0.111. The summed E-state index contributed by atoms with van der Waals surface area (Å²) in [5.74, 6) is -0.732. The molecule has 0 fully saturated rings. The van der Waals surface area contributed by atoms with Gasteiger partial charge in [0.1, 0.15) is 5.57 Å². The third-order valence-electron chi connectivity index (χ3n) is 3.21. The lowest BCUT2D eigenvalue weighted by Crippen LogP contribution is -2.04. The van der Waals surface area contributed by atoms with Crippen LogP contribution in [0.1, 0.15) is 21.5 Å². The monoisotopic (exact) mass is 362 g/mol. The fourth-order valence-electron chi connectivity index (χ4n) is 2.07. The second-order valence-corrected chi connectivity index (χ2v) is 6.20. The van der Waals surface area contributed by atoms with Crippen LogP contribution in [-0.2, 0) is 15.3 Å². The molecule has 0 saturated carbocycles. The van der Waals surface area contributed by atoms with E-state index in [0.29, 0.717) is 21.9 Å². The summed E-state index contributed by atoms with van der Waals surface area (Å²) in [5.41, 5.74) is 1.87. The van der Waals surface area contributed by atoms with E-state index in [9.17, 15) is 14.7 Å². The lowest BCUT2D eigenvalue weighted by Gasteiger charge is -2.09. The van der Waals surface area contributed by atoms with Crippen molar-refractivity contribution in [2.75, 3.05) is 7.11 Å². The Hall–Kier alpha value is -2.24. The van der Waals surface area contributed by atoms with E-state index in [-0.39, 0.29) is 10.7 Å². The van der Waals surface area contributed by atoms with E-state index in [0.717, 1.165) is 17.3 Å². The molecule has 2 rings (SSSR count). The van der Waals surface area contributed by atoms with Crippen LogP contribution in [0.5, 0.6) is 0 Å². The van der Waals surface area contributed by atoms with Crippen LogP contribution in [-0.4, -0.2) is 23.3 Å². The molecule has 2 aromatic carbocycles. The average molecular weight is 363 g/mol. The summed E-state index contributed by atoms with van der Waals surface area (Å²) in [6.45, 7) is 0. The highest BCUT2D eigenvalue weighted by molar-refractivity contribution is 8.13. The summed E-state index contributed by atoms with van der Waals surface area (Å²) < 4.78 is 4.85. The quantitative estimate of drug-likeness (QED) is 0.606. The van der Waals surface area contributed by atoms with Crippen molar-refractivity contribution in [2.24, 2.45) is 0 Å². The summed E-state index contributed by atoms with van der Waals surface area (Å²) in [5, 5.41) is 9.79. The Kier molecular flexibility index (Phi) is 6.46. The zero-order valence-electron chi connectivity index (χ0n) is 12.9. The summed E-state index contributed by atoms with van der Waals surface area (Å²) in [7, 11) is 1.39. The molecule has 0 amide bonds. The summed E-state index contributed by atoms with van der Waals surface area (Å²) in [6.07, 6.45) is 1.19. The number of halogens is 1. The number of carbonyl (C=O) groups excluding carboxylic acids is 1. The van der Waals surface area contributed by atoms with Gasteiger partial charge in [-0.2, -0.15) is 0 Å². The summed E-state index contributed by atoms with van der Waals surface area (Å²) in [4.78, 5) is 23.6. The number of ether oxygens (including phenoxy) is 1. The number of methoxy groups -OCH3 is 1. The third kappa shape index (κ3) is 4.63. The Morgan fingerprint density at radius 1 is 1.17 bits per heavy atom. The van der Waals surface area contributed by atoms with E-state index in [4.69, 9.17) is 16.3 Å². The van der Waals surface area contributed by atoms with Crippen LogP contribution in [0, 0.1) is 0 Å². The molecule has 0 radical (unpaired) electrons. The number of thioether (sulfide) groups is 1. The molecule has 0 heterocycles. The predicted molar refractivity (Wildman–Crippen MR) is 96.1 cm³/mol. The zero-order valence-corrected chi connectivity index (χ0v) is 14.4. The van der Waals surface area contributed by atoms with Crippen LogP contribution < -0.4 is 0 Å². The van der Waals surface area contributed by atoms with Gasteiger partial charge in [0, 0.05) is 16.3 Å². The smallest absolute Gasteiger partial charge is 0.339 e. The van der Waals surface area contributed by atoms with Crippen molar-refractivity contribution in [3.63, 3.8) is 0 Å². The maximum atomic E-state index is 12.2.